The molecular weight excluding hydrogens is 725 g/mol. The lowest BCUT2D eigenvalue weighted by Crippen LogP contribution is -2.32. The molecule has 0 fully saturated rings. The molecule has 6 nitrogen and oxygen atoms in total. The number of hydrogen-bond donors (Lipinski definition) is 0. The van der Waals surface area contributed by atoms with Crippen molar-refractivity contribution in [2.75, 3.05) is 0 Å². The van der Waals surface area contributed by atoms with Gasteiger partial charge >= 0.3 is 0 Å². The van der Waals surface area contributed by atoms with Crippen LogP contribution in [-0.4, -0.2) is 15.0 Å². The van der Waals surface area contributed by atoms with Gasteiger partial charge in [0, 0.05) is 38.6 Å². The summed E-state index contributed by atoms with van der Waals surface area (Å²) in [6, 6.07) is 64.2. The predicted octanol–water partition coefficient (Wildman–Crippen LogP) is 12.8. The number of nitrogens with zero attached hydrogens (tertiary/aromatic N) is 4. The van der Waals surface area contributed by atoms with Crippen LogP contribution in [-0.2, 0) is 5.41 Å². The Morgan fingerprint density at radius 2 is 1.08 bits per heavy atom. The second-order valence-electron chi connectivity index (χ2n) is 15.0. The first-order valence-corrected chi connectivity index (χ1v) is 19.6. The molecule has 1 unspecified atom stereocenters. The van der Waals surface area contributed by atoms with E-state index in [1.165, 1.54) is 22.3 Å². The summed E-state index contributed by atoms with van der Waals surface area (Å²) in [5.41, 5.74) is 12.9. The first-order chi connectivity index (χ1) is 29.2. The molecule has 6 heteroatoms. The van der Waals surface area contributed by atoms with E-state index in [0.29, 0.717) is 23.0 Å². The van der Waals surface area contributed by atoms with Crippen molar-refractivity contribution >= 4 is 21.9 Å². The number of nitriles is 1. The van der Waals surface area contributed by atoms with Crippen molar-refractivity contribution < 1.29 is 9.15 Å². The van der Waals surface area contributed by atoms with E-state index in [-0.39, 0.29) is 0 Å². The summed E-state index contributed by atoms with van der Waals surface area (Å²) in [4.78, 5) is 15.4. The normalized spacial score (nSPS) is 14.6. The van der Waals surface area contributed by atoms with Crippen LogP contribution < -0.4 is 4.74 Å². The third-order valence-electron chi connectivity index (χ3n) is 11.8. The molecule has 2 aromatic heterocycles. The van der Waals surface area contributed by atoms with Crippen LogP contribution in [0.4, 0.5) is 0 Å². The molecule has 274 valence electrons. The molecule has 10 aromatic rings. The standard InChI is InChI=1S/C53H30N4O2/c54-31-32-12-10-15-34(28-32)35-16-11-17-36(29-35)51-55-50(33-13-2-1-3-14-33)56-52(57-51)37-24-26-46-43(30-37)53(41-21-7-9-23-45(41)59-46)40-20-6-4-18-38(40)48-42(53)25-27-47-49(48)39-19-5-8-22-44(39)58-47/h1-30H. The number of rotatable bonds is 4. The number of aromatic nitrogens is 3. The molecule has 3 heterocycles. The van der Waals surface area contributed by atoms with Gasteiger partial charge in [-0.2, -0.15) is 5.26 Å². The van der Waals surface area contributed by atoms with Crippen molar-refractivity contribution in [2.45, 2.75) is 5.41 Å². The van der Waals surface area contributed by atoms with Crippen LogP contribution in [0.5, 0.6) is 11.5 Å². The van der Waals surface area contributed by atoms with Gasteiger partial charge in [0.15, 0.2) is 17.5 Å². The minimum atomic E-state index is -0.719. The molecule has 1 atom stereocenters. The Hall–Kier alpha value is -8.14. The SMILES string of the molecule is N#Cc1cccc(-c2cccc(-c3nc(-c4ccccc4)nc(-c4ccc5c(c4)C4(c6ccccc6O5)c5ccccc5-c5c4ccc4oc6ccccc6c54)n3)c2)c1. The average molecular weight is 755 g/mol. The maximum Gasteiger partial charge on any atom is 0.164 e. The second-order valence-corrected chi connectivity index (χ2v) is 15.0. The molecule has 12 rings (SSSR count). The molecule has 59 heavy (non-hydrogen) atoms. The Labute approximate surface area is 339 Å². The monoisotopic (exact) mass is 754 g/mol. The Bertz CT molecular complexity index is 3400. The van der Waals surface area contributed by atoms with Gasteiger partial charge < -0.3 is 9.15 Å². The van der Waals surface area contributed by atoms with Crippen molar-refractivity contribution in [1.82, 2.24) is 15.0 Å². The van der Waals surface area contributed by atoms with Gasteiger partial charge in [0.25, 0.3) is 0 Å². The Morgan fingerprint density at radius 1 is 0.441 bits per heavy atom. The molecule has 2 aliphatic rings. The van der Waals surface area contributed by atoms with E-state index in [9.17, 15) is 5.26 Å². The van der Waals surface area contributed by atoms with Crippen LogP contribution in [0.3, 0.4) is 0 Å². The Balaban J connectivity index is 1.10. The van der Waals surface area contributed by atoms with Gasteiger partial charge in [-0.3, -0.25) is 0 Å². The third-order valence-corrected chi connectivity index (χ3v) is 11.8. The highest BCUT2D eigenvalue weighted by Gasteiger charge is 2.52. The summed E-state index contributed by atoms with van der Waals surface area (Å²) < 4.78 is 13.3. The number of hydrogen-bond acceptors (Lipinski definition) is 6. The molecule has 1 spiro atoms. The molecule has 0 amide bonds. The zero-order valence-corrected chi connectivity index (χ0v) is 31.4. The van der Waals surface area contributed by atoms with E-state index in [4.69, 9.17) is 24.1 Å². The number of benzene rings is 8. The fraction of sp³-hybridized carbons (Fsp3) is 0.0189. The highest BCUT2D eigenvalue weighted by atomic mass is 16.5. The molecule has 0 radical (unpaired) electrons. The lowest BCUT2D eigenvalue weighted by atomic mass is 9.66. The van der Waals surface area contributed by atoms with Crippen LogP contribution in [0.1, 0.15) is 27.8 Å². The van der Waals surface area contributed by atoms with Crippen LogP contribution in [0.2, 0.25) is 0 Å². The quantitative estimate of drug-likeness (QED) is 0.178. The summed E-state index contributed by atoms with van der Waals surface area (Å²) in [5, 5.41) is 11.8. The van der Waals surface area contributed by atoms with E-state index in [1.54, 1.807) is 0 Å². The number of ether oxygens (including phenoxy) is 1. The number of para-hydroxylation sites is 2. The highest BCUT2D eigenvalue weighted by Crippen LogP contribution is 2.63. The third kappa shape index (κ3) is 4.89. The first kappa shape index (κ1) is 33.0. The molecule has 0 N–H and O–H groups in total. The lowest BCUT2D eigenvalue weighted by molar-refractivity contribution is 0.436. The predicted molar refractivity (Wildman–Crippen MR) is 231 cm³/mol. The van der Waals surface area contributed by atoms with Crippen molar-refractivity contribution in [2.24, 2.45) is 0 Å². The Morgan fingerprint density at radius 3 is 1.93 bits per heavy atom. The molecular formula is C53H30N4O2. The fourth-order valence-corrected chi connectivity index (χ4v) is 9.30. The van der Waals surface area contributed by atoms with Crippen molar-refractivity contribution in [3.05, 3.63) is 210 Å². The molecule has 8 aromatic carbocycles. The van der Waals surface area contributed by atoms with Gasteiger partial charge in [-0.15, -0.1) is 0 Å². The average Bonchev–Trinajstić information content (AvgIpc) is 3.83. The fourth-order valence-electron chi connectivity index (χ4n) is 9.30. The summed E-state index contributed by atoms with van der Waals surface area (Å²) in [5.74, 6) is 3.26. The first-order valence-electron chi connectivity index (χ1n) is 19.6. The minimum Gasteiger partial charge on any atom is -0.457 e. The van der Waals surface area contributed by atoms with Gasteiger partial charge in [-0.05, 0) is 88.0 Å². The van der Waals surface area contributed by atoms with Crippen LogP contribution >= 0.6 is 0 Å². The van der Waals surface area contributed by atoms with Gasteiger partial charge in [0.1, 0.15) is 22.7 Å². The largest absolute Gasteiger partial charge is 0.457 e. The van der Waals surface area contributed by atoms with Crippen molar-refractivity contribution in [1.29, 1.82) is 5.26 Å². The maximum atomic E-state index is 9.59. The summed E-state index contributed by atoms with van der Waals surface area (Å²) >= 11 is 0. The smallest absolute Gasteiger partial charge is 0.164 e. The van der Waals surface area contributed by atoms with Gasteiger partial charge in [0.2, 0.25) is 0 Å². The molecule has 1 aliphatic carbocycles. The second kappa shape index (κ2) is 12.7. The van der Waals surface area contributed by atoms with E-state index >= 15 is 0 Å². The molecule has 0 saturated heterocycles. The molecule has 0 saturated carbocycles. The lowest BCUT2D eigenvalue weighted by Gasteiger charge is -2.39. The zero-order valence-electron chi connectivity index (χ0n) is 31.4. The minimum absolute atomic E-state index is 0.547. The van der Waals surface area contributed by atoms with E-state index < -0.39 is 5.41 Å². The zero-order chi connectivity index (χ0) is 39.1. The maximum absolute atomic E-state index is 9.59. The van der Waals surface area contributed by atoms with Crippen molar-refractivity contribution in [3.63, 3.8) is 0 Å². The molecule has 1 aliphatic heterocycles. The molecule has 0 bridgehead atoms. The number of fused-ring (bicyclic) bond motifs is 13. The van der Waals surface area contributed by atoms with Gasteiger partial charge in [-0.1, -0.05) is 127 Å². The van der Waals surface area contributed by atoms with Crippen LogP contribution in [0.25, 0.3) is 78.4 Å². The highest BCUT2D eigenvalue weighted by molar-refractivity contribution is 6.15. The van der Waals surface area contributed by atoms with Gasteiger partial charge in [-0.25, -0.2) is 15.0 Å². The summed E-state index contributed by atoms with van der Waals surface area (Å²) in [6.45, 7) is 0. The van der Waals surface area contributed by atoms with E-state index in [1.807, 2.05) is 97.1 Å². The van der Waals surface area contributed by atoms with Crippen LogP contribution in [0.15, 0.2) is 186 Å². The van der Waals surface area contributed by atoms with E-state index in [2.05, 4.69) is 91.0 Å². The number of furan rings is 1. The summed E-state index contributed by atoms with van der Waals surface area (Å²) in [7, 11) is 0. The van der Waals surface area contributed by atoms with Crippen LogP contribution in [0, 0.1) is 11.3 Å². The van der Waals surface area contributed by atoms with E-state index in [0.717, 1.165) is 72.4 Å². The summed E-state index contributed by atoms with van der Waals surface area (Å²) in [6.07, 6.45) is 0. The Kier molecular flexibility index (Phi) is 7.11. The van der Waals surface area contributed by atoms with Crippen molar-refractivity contribution in [3.8, 4) is 74.0 Å². The van der Waals surface area contributed by atoms with Gasteiger partial charge in [0.05, 0.1) is 17.0 Å². The topological polar surface area (TPSA) is 84.8 Å².